The summed E-state index contributed by atoms with van der Waals surface area (Å²) in [6.45, 7) is 4.70. The third-order valence-electron chi connectivity index (χ3n) is 6.19. The predicted octanol–water partition coefficient (Wildman–Crippen LogP) is 2.31. The number of carbonyl (C=O) groups is 3. The molecule has 1 aromatic heterocycles. The topological polar surface area (TPSA) is 110 Å². The summed E-state index contributed by atoms with van der Waals surface area (Å²) < 4.78 is 16.7. The zero-order chi connectivity index (χ0) is 26.2. The van der Waals surface area contributed by atoms with Crippen LogP contribution in [0.4, 0.5) is 5.69 Å². The minimum absolute atomic E-state index is 0.0722. The van der Waals surface area contributed by atoms with Crippen molar-refractivity contribution in [3.63, 3.8) is 0 Å². The molecule has 0 aliphatic carbocycles. The van der Waals surface area contributed by atoms with E-state index in [1.165, 1.54) is 7.11 Å². The molecule has 0 unspecified atom stereocenters. The summed E-state index contributed by atoms with van der Waals surface area (Å²) in [7, 11) is 4.72. The van der Waals surface area contributed by atoms with Gasteiger partial charge in [-0.25, -0.2) is 0 Å². The first kappa shape index (κ1) is 27.1. The second-order valence-electron chi connectivity index (χ2n) is 8.98. The van der Waals surface area contributed by atoms with Crippen LogP contribution in [0.25, 0.3) is 0 Å². The molecule has 0 saturated carbocycles. The van der Waals surface area contributed by atoms with E-state index in [1.807, 2.05) is 13.8 Å². The summed E-state index contributed by atoms with van der Waals surface area (Å²) in [6.07, 6.45) is 2.87. The summed E-state index contributed by atoms with van der Waals surface area (Å²) in [5.74, 6) is -0.438. The molecular weight excluding hydrogens is 464 g/mol. The highest BCUT2D eigenvalue weighted by atomic mass is 16.5. The number of anilines is 1. The maximum atomic E-state index is 13.4. The fourth-order valence-electron chi connectivity index (χ4n) is 4.13. The molecule has 0 spiro atoms. The number of rotatable bonds is 5. The van der Waals surface area contributed by atoms with Crippen LogP contribution in [0, 0.1) is 5.92 Å². The lowest BCUT2D eigenvalue weighted by atomic mass is 10.0. The molecule has 0 fully saturated rings. The largest absolute Gasteiger partial charge is 0.491 e. The Bertz CT molecular complexity index is 1060. The van der Waals surface area contributed by atoms with Gasteiger partial charge in [-0.1, -0.05) is 6.92 Å². The van der Waals surface area contributed by atoms with Gasteiger partial charge in [-0.15, -0.1) is 0 Å². The van der Waals surface area contributed by atoms with Crippen LogP contribution in [0.15, 0.2) is 42.7 Å². The third kappa shape index (κ3) is 6.58. The minimum atomic E-state index is -0.334. The van der Waals surface area contributed by atoms with Crippen LogP contribution >= 0.6 is 0 Å². The van der Waals surface area contributed by atoms with E-state index in [9.17, 15) is 14.4 Å². The van der Waals surface area contributed by atoms with Gasteiger partial charge in [0.1, 0.15) is 19.0 Å². The Morgan fingerprint density at radius 3 is 2.53 bits per heavy atom. The van der Waals surface area contributed by atoms with Crippen molar-refractivity contribution < 1.29 is 28.6 Å². The van der Waals surface area contributed by atoms with Crippen molar-refractivity contribution >= 4 is 23.4 Å². The lowest BCUT2D eigenvalue weighted by Gasteiger charge is -2.36. The number of aromatic nitrogens is 1. The number of methoxy groups -OCH3 is 2. The third-order valence-corrected chi connectivity index (χ3v) is 6.19. The number of carbonyl (C=O) groups excluding carboxylic acids is 3. The molecule has 3 rings (SSSR count). The second kappa shape index (κ2) is 12.5. The number of pyridine rings is 1. The average Bonchev–Trinajstić information content (AvgIpc) is 2.88. The highest BCUT2D eigenvalue weighted by Crippen LogP contribution is 2.27. The molecule has 3 atom stereocenters. The molecule has 10 heteroatoms. The number of amides is 3. The zero-order valence-electron chi connectivity index (χ0n) is 21.4. The first-order chi connectivity index (χ1) is 17.2. The number of likely N-dealkylation sites (N-methyl/N-ethyl adjacent to an activating group) is 1. The monoisotopic (exact) mass is 498 g/mol. The molecule has 1 aromatic carbocycles. The number of nitrogens with one attached hydrogen (secondary N) is 1. The van der Waals surface area contributed by atoms with E-state index in [0.717, 1.165) is 0 Å². The predicted molar refractivity (Wildman–Crippen MR) is 134 cm³/mol. The number of hydrogen-bond donors (Lipinski definition) is 1. The Labute approximate surface area is 211 Å². The molecule has 10 nitrogen and oxygen atoms in total. The van der Waals surface area contributed by atoms with Gasteiger partial charge in [0.05, 0.1) is 17.7 Å². The Kier molecular flexibility index (Phi) is 9.38. The van der Waals surface area contributed by atoms with Crippen LogP contribution in [0.3, 0.4) is 0 Å². The highest BCUT2D eigenvalue weighted by molar-refractivity contribution is 5.99. The van der Waals surface area contributed by atoms with Gasteiger partial charge in [0, 0.05) is 63.9 Å². The number of nitrogens with zero attached hydrogens (tertiary/aromatic N) is 3. The molecule has 1 aliphatic heterocycles. The van der Waals surface area contributed by atoms with Gasteiger partial charge in [-0.3, -0.25) is 19.4 Å². The van der Waals surface area contributed by atoms with Gasteiger partial charge >= 0.3 is 0 Å². The number of ether oxygens (including phenoxy) is 3. The lowest BCUT2D eigenvalue weighted by Crippen LogP contribution is -2.48. The van der Waals surface area contributed by atoms with Gasteiger partial charge in [0.2, 0.25) is 5.91 Å². The van der Waals surface area contributed by atoms with Gasteiger partial charge in [0.25, 0.3) is 11.8 Å². The van der Waals surface area contributed by atoms with Crippen LogP contribution < -0.4 is 10.1 Å². The zero-order valence-corrected chi connectivity index (χ0v) is 21.4. The number of benzene rings is 1. The van der Waals surface area contributed by atoms with E-state index in [4.69, 9.17) is 14.2 Å². The number of fused-ring (bicyclic) bond motifs is 1. The van der Waals surface area contributed by atoms with E-state index in [2.05, 4.69) is 10.3 Å². The van der Waals surface area contributed by atoms with E-state index in [-0.39, 0.29) is 49.0 Å². The van der Waals surface area contributed by atoms with E-state index >= 15 is 0 Å². The normalized spacial score (nSPS) is 21.0. The minimum Gasteiger partial charge on any atom is -0.491 e. The standard InChI is InChI=1S/C26H34N4O6/c1-17-13-30(25(32)19-8-10-27-11-9-19)18(2)15-36-22-7-6-20(28-24(31)16-34-4)12-21(22)26(33)29(3)14-23(17)35-5/h6-12,17-18,23H,13-16H2,1-5H3,(H,28,31)/t17-,18-,23+/m0/s1. The smallest absolute Gasteiger partial charge is 0.257 e. The molecule has 2 aromatic rings. The molecule has 36 heavy (non-hydrogen) atoms. The Morgan fingerprint density at radius 2 is 1.86 bits per heavy atom. The molecule has 194 valence electrons. The van der Waals surface area contributed by atoms with Crippen LogP contribution in [0.5, 0.6) is 5.75 Å². The summed E-state index contributed by atoms with van der Waals surface area (Å²) in [5.41, 5.74) is 1.29. The van der Waals surface area contributed by atoms with Crippen LogP contribution in [0.1, 0.15) is 34.6 Å². The van der Waals surface area contributed by atoms with Crippen molar-refractivity contribution in [1.29, 1.82) is 0 Å². The van der Waals surface area contributed by atoms with Crippen molar-refractivity contribution in [1.82, 2.24) is 14.8 Å². The van der Waals surface area contributed by atoms with E-state index < -0.39 is 0 Å². The van der Waals surface area contributed by atoms with Crippen molar-refractivity contribution in [2.45, 2.75) is 26.0 Å². The summed E-state index contributed by atoms with van der Waals surface area (Å²) in [6, 6.07) is 7.97. The first-order valence-corrected chi connectivity index (χ1v) is 11.8. The van der Waals surface area contributed by atoms with Gasteiger partial charge in [-0.2, -0.15) is 0 Å². The van der Waals surface area contributed by atoms with Gasteiger partial charge < -0.3 is 29.3 Å². The highest BCUT2D eigenvalue weighted by Gasteiger charge is 2.31. The Morgan fingerprint density at radius 1 is 1.14 bits per heavy atom. The molecule has 0 saturated heterocycles. The fraction of sp³-hybridized carbons (Fsp3) is 0.462. The maximum Gasteiger partial charge on any atom is 0.257 e. The molecule has 3 amide bonds. The molecule has 2 heterocycles. The Balaban J connectivity index is 1.96. The van der Waals surface area contributed by atoms with Crippen molar-refractivity contribution in [2.75, 3.05) is 52.9 Å². The van der Waals surface area contributed by atoms with E-state index in [0.29, 0.717) is 35.7 Å². The molecule has 1 aliphatic rings. The fourth-order valence-corrected chi connectivity index (χ4v) is 4.13. The van der Waals surface area contributed by atoms with Crippen molar-refractivity contribution in [2.24, 2.45) is 5.92 Å². The van der Waals surface area contributed by atoms with Crippen LogP contribution in [-0.4, -0.2) is 92.2 Å². The van der Waals surface area contributed by atoms with Crippen molar-refractivity contribution in [3.8, 4) is 5.75 Å². The molecular formula is C26H34N4O6. The SMILES string of the molecule is COCC(=O)Nc1ccc2c(c1)C(=O)N(C)C[C@@H](OC)[C@@H](C)CN(C(=O)c1ccncc1)[C@@H](C)CO2. The summed E-state index contributed by atoms with van der Waals surface area (Å²) in [5, 5.41) is 2.72. The van der Waals surface area contributed by atoms with E-state index in [1.54, 1.807) is 66.7 Å². The second-order valence-corrected chi connectivity index (χ2v) is 8.98. The summed E-state index contributed by atoms with van der Waals surface area (Å²) >= 11 is 0. The van der Waals surface area contributed by atoms with Gasteiger partial charge in [0.15, 0.2) is 0 Å². The number of hydrogen-bond acceptors (Lipinski definition) is 7. The lowest BCUT2D eigenvalue weighted by molar-refractivity contribution is -0.119. The quantitative estimate of drug-likeness (QED) is 0.674. The molecule has 0 bridgehead atoms. The summed E-state index contributed by atoms with van der Waals surface area (Å²) in [4.78, 5) is 46.2. The van der Waals surface area contributed by atoms with Crippen molar-refractivity contribution in [3.05, 3.63) is 53.9 Å². The molecule has 0 radical (unpaired) electrons. The van der Waals surface area contributed by atoms with Crippen LogP contribution in [-0.2, 0) is 14.3 Å². The van der Waals surface area contributed by atoms with Crippen LogP contribution in [0.2, 0.25) is 0 Å². The first-order valence-electron chi connectivity index (χ1n) is 11.8. The maximum absolute atomic E-state index is 13.4. The molecule has 1 N–H and O–H groups in total. The van der Waals surface area contributed by atoms with Gasteiger partial charge in [-0.05, 0) is 37.3 Å². The average molecular weight is 499 g/mol. The Hall–Kier alpha value is -3.50.